The number of unbranched alkanes of at least 4 members (excludes halogenated alkanes) is 10. The summed E-state index contributed by atoms with van der Waals surface area (Å²) in [4.78, 5) is 0. The van der Waals surface area contributed by atoms with Gasteiger partial charge >= 0.3 is 0 Å². The molecule has 0 saturated heterocycles. The normalized spacial score (nSPS) is 12.6. The van der Waals surface area contributed by atoms with Gasteiger partial charge in [0.25, 0.3) is 0 Å². The van der Waals surface area contributed by atoms with Crippen molar-refractivity contribution in [3.63, 3.8) is 0 Å². The van der Waals surface area contributed by atoms with Crippen LogP contribution in [0.15, 0.2) is 12.7 Å². The highest BCUT2D eigenvalue weighted by Gasteiger charge is 1.97. The third kappa shape index (κ3) is 13.6. The average Bonchev–Trinajstić information content (AvgIpc) is 2.35. The Morgan fingerprint density at radius 1 is 0.824 bits per heavy atom. The van der Waals surface area contributed by atoms with Crippen LogP contribution in [0.2, 0.25) is 0 Å². The van der Waals surface area contributed by atoms with Gasteiger partial charge in [0.1, 0.15) is 0 Å². The molecule has 0 bridgehead atoms. The summed E-state index contributed by atoms with van der Waals surface area (Å²) in [6, 6.07) is 0. The lowest BCUT2D eigenvalue weighted by molar-refractivity contribution is 0.208. The number of hydrogen-bond donors (Lipinski definition) is 1. The predicted octanol–water partition coefficient (Wildman–Crippen LogP) is 5.23. The van der Waals surface area contributed by atoms with Crippen molar-refractivity contribution in [3.8, 4) is 0 Å². The van der Waals surface area contributed by atoms with Gasteiger partial charge in [-0.1, -0.05) is 83.6 Å². The Morgan fingerprint density at radius 3 is 1.65 bits per heavy atom. The zero-order valence-electron chi connectivity index (χ0n) is 11.8. The molecule has 102 valence electrons. The van der Waals surface area contributed by atoms with Crippen LogP contribution in [-0.4, -0.2) is 11.2 Å². The first kappa shape index (κ1) is 16.7. The Hall–Kier alpha value is -0.300. The summed E-state index contributed by atoms with van der Waals surface area (Å²) in [5.41, 5.74) is 0. The zero-order valence-corrected chi connectivity index (χ0v) is 11.8. The van der Waals surface area contributed by atoms with Gasteiger partial charge in [-0.15, -0.1) is 6.58 Å². The lowest BCUT2D eigenvalue weighted by atomic mass is 10.0. The summed E-state index contributed by atoms with van der Waals surface area (Å²) in [6.07, 6.45) is 17.2. The second-order valence-corrected chi connectivity index (χ2v) is 5.13. The second-order valence-electron chi connectivity index (χ2n) is 5.13. The van der Waals surface area contributed by atoms with Gasteiger partial charge in [-0.25, -0.2) is 0 Å². The molecular formula is C16H32O. The number of hydrogen-bond acceptors (Lipinski definition) is 1. The van der Waals surface area contributed by atoms with Crippen molar-refractivity contribution in [3.05, 3.63) is 12.7 Å². The first-order chi connectivity index (χ1) is 8.31. The molecule has 0 saturated carbocycles. The van der Waals surface area contributed by atoms with Gasteiger partial charge in [0, 0.05) is 0 Å². The van der Waals surface area contributed by atoms with Crippen LogP contribution in [-0.2, 0) is 0 Å². The Labute approximate surface area is 108 Å². The van der Waals surface area contributed by atoms with Crippen molar-refractivity contribution in [2.45, 2.75) is 90.1 Å². The van der Waals surface area contributed by atoms with E-state index in [-0.39, 0.29) is 6.10 Å². The second kappa shape index (κ2) is 13.8. The topological polar surface area (TPSA) is 20.2 Å². The fourth-order valence-corrected chi connectivity index (χ4v) is 2.14. The molecule has 0 aromatic carbocycles. The highest BCUT2D eigenvalue weighted by atomic mass is 16.3. The molecule has 0 aliphatic heterocycles. The zero-order chi connectivity index (χ0) is 12.8. The van der Waals surface area contributed by atoms with Gasteiger partial charge in [-0.05, 0) is 6.42 Å². The quantitative estimate of drug-likeness (QED) is 0.345. The molecule has 0 radical (unpaired) electrons. The first-order valence-electron chi connectivity index (χ1n) is 7.62. The van der Waals surface area contributed by atoms with Gasteiger partial charge < -0.3 is 5.11 Å². The summed E-state index contributed by atoms with van der Waals surface area (Å²) in [6.45, 7) is 5.85. The third-order valence-corrected chi connectivity index (χ3v) is 3.38. The average molecular weight is 240 g/mol. The molecular weight excluding hydrogens is 208 g/mol. The van der Waals surface area contributed by atoms with Crippen LogP contribution in [0.5, 0.6) is 0 Å². The summed E-state index contributed by atoms with van der Waals surface area (Å²) < 4.78 is 0. The van der Waals surface area contributed by atoms with E-state index in [9.17, 15) is 5.11 Å². The Kier molecular flexibility index (Phi) is 13.5. The monoisotopic (exact) mass is 240 g/mol. The minimum atomic E-state index is -0.284. The van der Waals surface area contributed by atoms with Crippen molar-refractivity contribution >= 4 is 0 Å². The fraction of sp³-hybridized carbons (Fsp3) is 0.875. The Bertz CT molecular complexity index is 154. The van der Waals surface area contributed by atoms with Crippen LogP contribution in [0.25, 0.3) is 0 Å². The van der Waals surface area contributed by atoms with E-state index in [1.807, 2.05) is 0 Å². The largest absolute Gasteiger partial charge is 0.389 e. The van der Waals surface area contributed by atoms with E-state index in [2.05, 4.69) is 13.5 Å². The smallest absolute Gasteiger partial charge is 0.0718 e. The van der Waals surface area contributed by atoms with Crippen molar-refractivity contribution in [1.82, 2.24) is 0 Å². The molecule has 0 fully saturated rings. The lowest BCUT2D eigenvalue weighted by Crippen LogP contribution is -2.00. The molecule has 0 heterocycles. The Balaban J connectivity index is 2.96. The molecule has 1 N–H and O–H groups in total. The van der Waals surface area contributed by atoms with Crippen LogP contribution < -0.4 is 0 Å². The third-order valence-electron chi connectivity index (χ3n) is 3.38. The van der Waals surface area contributed by atoms with Gasteiger partial charge in [-0.2, -0.15) is 0 Å². The SMILES string of the molecule is C=CC(O)CCCCCCCCCCCCC. The number of aliphatic hydroxyl groups excluding tert-OH is 1. The molecule has 0 aliphatic carbocycles. The van der Waals surface area contributed by atoms with Crippen molar-refractivity contribution in [2.75, 3.05) is 0 Å². The molecule has 1 unspecified atom stereocenters. The Morgan fingerprint density at radius 2 is 1.24 bits per heavy atom. The summed E-state index contributed by atoms with van der Waals surface area (Å²) in [5, 5.41) is 9.28. The maximum absolute atomic E-state index is 9.28. The van der Waals surface area contributed by atoms with E-state index in [1.54, 1.807) is 6.08 Å². The summed E-state index contributed by atoms with van der Waals surface area (Å²) >= 11 is 0. The van der Waals surface area contributed by atoms with Crippen LogP contribution in [0.1, 0.15) is 84.0 Å². The molecule has 1 nitrogen and oxygen atoms in total. The molecule has 17 heavy (non-hydrogen) atoms. The number of rotatable bonds is 13. The summed E-state index contributed by atoms with van der Waals surface area (Å²) in [7, 11) is 0. The molecule has 0 aliphatic rings. The van der Waals surface area contributed by atoms with Crippen molar-refractivity contribution in [2.24, 2.45) is 0 Å². The molecule has 0 rings (SSSR count). The van der Waals surface area contributed by atoms with Gasteiger partial charge in [0.15, 0.2) is 0 Å². The predicted molar refractivity (Wildman–Crippen MR) is 77.3 cm³/mol. The fourth-order valence-electron chi connectivity index (χ4n) is 2.14. The van der Waals surface area contributed by atoms with E-state index >= 15 is 0 Å². The minimum Gasteiger partial charge on any atom is -0.389 e. The molecule has 1 heteroatoms. The first-order valence-corrected chi connectivity index (χ1v) is 7.62. The standard InChI is InChI=1S/C16H32O/c1-3-5-6-7-8-9-10-11-12-13-14-15-16(17)4-2/h4,16-17H,2-3,5-15H2,1H3. The van der Waals surface area contributed by atoms with Gasteiger partial charge in [-0.3, -0.25) is 0 Å². The van der Waals surface area contributed by atoms with E-state index in [0.717, 1.165) is 12.8 Å². The maximum Gasteiger partial charge on any atom is 0.0718 e. The van der Waals surface area contributed by atoms with Crippen molar-refractivity contribution < 1.29 is 5.11 Å². The van der Waals surface area contributed by atoms with Gasteiger partial charge in [0.05, 0.1) is 6.10 Å². The van der Waals surface area contributed by atoms with E-state index < -0.39 is 0 Å². The summed E-state index contributed by atoms with van der Waals surface area (Å²) in [5.74, 6) is 0. The van der Waals surface area contributed by atoms with E-state index in [4.69, 9.17) is 0 Å². The molecule has 0 spiro atoms. The van der Waals surface area contributed by atoms with Crippen LogP contribution >= 0.6 is 0 Å². The van der Waals surface area contributed by atoms with Gasteiger partial charge in [0.2, 0.25) is 0 Å². The molecule has 0 amide bonds. The molecule has 1 atom stereocenters. The molecule has 0 aromatic heterocycles. The highest BCUT2D eigenvalue weighted by molar-refractivity contribution is 4.77. The number of aliphatic hydroxyl groups is 1. The van der Waals surface area contributed by atoms with Crippen molar-refractivity contribution in [1.29, 1.82) is 0 Å². The van der Waals surface area contributed by atoms with E-state index in [1.165, 1.54) is 64.2 Å². The van der Waals surface area contributed by atoms with Crippen LogP contribution in [0.3, 0.4) is 0 Å². The minimum absolute atomic E-state index is 0.284. The maximum atomic E-state index is 9.28. The highest BCUT2D eigenvalue weighted by Crippen LogP contribution is 2.12. The van der Waals surface area contributed by atoms with Crippen LogP contribution in [0, 0.1) is 0 Å². The van der Waals surface area contributed by atoms with E-state index in [0.29, 0.717) is 0 Å². The molecule has 0 aromatic rings. The van der Waals surface area contributed by atoms with Crippen LogP contribution in [0.4, 0.5) is 0 Å². The lowest BCUT2D eigenvalue weighted by Gasteiger charge is -2.04.